The SMILES string of the molecule is COc1ccc(NC(=O)[C@@H]2CN(C)C[C@@H]2c2ccccc2)c(C)c1. The Hall–Kier alpha value is -2.33. The normalized spacial score (nSPS) is 20.8. The minimum atomic E-state index is -0.0427. The molecule has 2 aromatic rings. The maximum atomic E-state index is 12.9. The van der Waals surface area contributed by atoms with E-state index >= 15 is 0 Å². The largest absolute Gasteiger partial charge is 0.497 e. The van der Waals surface area contributed by atoms with Crippen LogP contribution in [0.5, 0.6) is 5.75 Å². The van der Waals surface area contributed by atoms with Crippen molar-refractivity contribution in [3.8, 4) is 5.75 Å². The molecule has 1 fully saturated rings. The third-order valence-electron chi connectivity index (χ3n) is 4.76. The summed E-state index contributed by atoms with van der Waals surface area (Å²) in [5.41, 5.74) is 3.08. The minimum absolute atomic E-state index is 0.0427. The van der Waals surface area contributed by atoms with Crippen molar-refractivity contribution in [3.05, 3.63) is 59.7 Å². The Labute approximate surface area is 143 Å². The number of amides is 1. The van der Waals surface area contributed by atoms with Gasteiger partial charge >= 0.3 is 0 Å². The number of likely N-dealkylation sites (tertiary alicyclic amines) is 1. The second kappa shape index (κ2) is 7.05. The van der Waals surface area contributed by atoms with E-state index in [0.29, 0.717) is 0 Å². The second-order valence-electron chi connectivity index (χ2n) is 6.51. The van der Waals surface area contributed by atoms with E-state index in [1.165, 1.54) is 5.56 Å². The van der Waals surface area contributed by atoms with Gasteiger partial charge in [-0.3, -0.25) is 4.79 Å². The molecule has 126 valence electrons. The van der Waals surface area contributed by atoms with Crippen molar-refractivity contribution in [2.24, 2.45) is 5.92 Å². The number of nitrogens with zero attached hydrogens (tertiary/aromatic N) is 1. The third kappa shape index (κ3) is 3.44. The van der Waals surface area contributed by atoms with E-state index in [9.17, 15) is 4.79 Å². The summed E-state index contributed by atoms with van der Waals surface area (Å²) in [5, 5.41) is 3.10. The Balaban J connectivity index is 1.78. The molecule has 1 N–H and O–H groups in total. The molecule has 1 aliphatic rings. The van der Waals surface area contributed by atoms with Crippen molar-refractivity contribution in [1.29, 1.82) is 0 Å². The van der Waals surface area contributed by atoms with Gasteiger partial charge in [0.1, 0.15) is 5.75 Å². The van der Waals surface area contributed by atoms with Crippen LogP contribution in [0.2, 0.25) is 0 Å². The molecule has 1 amide bonds. The van der Waals surface area contributed by atoms with Gasteiger partial charge in [-0.15, -0.1) is 0 Å². The van der Waals surface area contributed by atoms with Crippen molar-refractivity contribution < 1.29 is 9.53 Å². The zero-order valence-electron chi connectivity index (χ0n) is 14.5. The molecule has 1 heterocycles. The molecule has 0 aliphatic carbocycles. The molecule has 2 atom stereocenters. The van der Waals surface area contributed by atoms with Gasteiger partial charge in [-0.2, -0.15) is 0 Å². The lowest BCUT2D eigenvalue weighted by molar-refractivity contribution is -0.119. The van der Waals surface area contributed by atoms with Crippen molar-refractivity contribution in [2.75, 3.05) is 32.6 Å². The second-order valence-corrected chi connectivity index (χ2v) is 6.51. The Bertz CT molecular complexity index is 715. The summed E-state index contributed by atoms with van der Waals surface area (Å²) in [6.45, 7) is 3.66. The molecule has 0 bridgehead atoms. The first-order valence-corrected chi connectivity index (χ1v) is 8.27. The lowest BCUT2D eigenvalue weighted by atomic mass is 9.88. The van der Waals surface area contributed by atoms with E-state index in [2.05, 4.69) is 29.4 Å². The molecule has 0 radical (unpaired) electrons. The van der Waals surface area contributed by atoms with Gasteiger partial charge in [0.15, 0.2) is 0 Å². The van der Waals surface area contributed by atoms with Gasteiger partial charge in [0.05, 0.1) is 13.0 Å². The van der Waals surface area contributed by atoms with Crippen LogP contribution in [0.1, 0.15) is 17.0 Å². The summed E-state index contributed by atoms with van der Waals surface area (Å²) in [5.74, 6) is 1.07. The number of ether oxygens (including phenoxy) is 1. The summed E-state index contributed by atoms with van der Waals surface area (Å²) < 4.78 is 5.22. The number of nitrogens with one attached hydrogen (secondary N) is 1. The lowest BCUT2D eigenvalue weighted by Crippen LogP contribution is -2.28. The monoisotopic (exact) mass is 324 g/mol. The quantitative estimate of drug-likeness (QED) is 0.938. The molecular weight excluding hydrogens is 300 g/mol. The van der Waals surface area contributed by atoms with Crippen LogP contribution >= 0.6 is 0 Å². The standard InChI is InChI=1S/C20H24N2O2/c1-14-11-16(24-3)9-10-19(14)21-20(23)18-13-22(2)12-17(18)15-7-5-4-6-8-15/h4-11,17-18H,12-13H2,1-3H3,(H,21,23)/t17-,18-/m1/s1. The van der Waals surface area contributed by atoms with Gasteiger partial charge in [0.25, 0.3) is 0 Å². The van der Waals surface area contributed by atoms with E-state index in [4.69, 9.17) is 4.74 Å². The van der Waals surface area contributed by atoms with Crippen LogP contribution in [0.25, 0.3) is 0 Å². The van der Waals surface area contributed by atoms with Gasteiger partial charge in [-0.1, -0.05) is 30.3 Å². The van der Waals surface area contributed by atoms with E-state index in [1.54, 1.807) is 7.11 Å². The third-order valence-corrected chi connectivity index (χ3v) is 4.76. The Morgan fingerprint density at radius 2 is 1.92 bits per heavy atom. The van der Waals surface area contributed by atoms with Crippen molar-refractivity contribution >= 4 is 11.6 Å². The molecule has 1 aliphatic heterocycles. The number of hydrogen-bond acceptors (Lipinski definition) is 3. The lowest BCUT2D eigenvalue weighted by Gasteiger charge is -2.19. The first-order chi connectivity index (χ1) is 11.6. The summed E-state index contributed by atoms with van der Waals surface area (Å²) in [6.07, 6.45) is 0. The first-order valence-electron chi connectivity index (χ1n) is 8.27. The number of carbonyl (C=O) groups is 1. The number of likely N-dealkylation sites (N-methyl/N-ethyl adjacent to an activating group) is 1. The van der Waals surface area contributed by atoms with Crippen LogP contribution in [0, 0.1) is 12.8 Å². The Morgan fingerprint density at radius 3 is 2.58 bits per heavy atom. The van der Waals surface area contributed by atoms with Gasteiger partial charge in [0, 0.05) is 24.7 Å². The predicted octanol–water partition coefficient (Wildman–Crippen LogP) is 3.29. The summed E-state index contributed by atoms with van der Waals surface area (Å²) in [7, 11) is 3.72. The minimum Gasteiger partial charge on any atom is -0.497 e. The molecule has 0 unspecified atom stereocenters. The molecule has 4 heteroatoms. The van der Waals surface area contributed by atoms with Crippen LogP contribution < -0.4 is 10.1 Å². The van der Waals surface area contributed by atoms with Crippen molar-refractivity contribution in [1.82, 2.24) is 4.90 Å². The van der Waals surface area contributed by atoms with E-state index in [1.807, 2.05) is 43.3 Å². The molecule has 4 nitrogen and oxygen atoms in total. The van der Waals surface area contributed by atoms with Crippen LogP contribution in [0.4, 0.5) is 5.69 Å². The topological polar surface area (TPSA) is 41.6 Å². The number of hydrogen-bond donors (Lipinski definition) is 1. The summed E-state index contributed by atoms with van der Waals surface area (Å²) in [4.78, 5) is 15.1. The maximum absolute atomic E-state index is 12.9. The highest BCUT2D eigenvalue weighted by Crippen LogP contribution is 2.33. The van der Waals surface area contributed by atoms with Gasteiger partial charge in [0.2, 0.25) is 5.91 Å². The smallest absolute Gasteiger partial charge is 0.229 e. The summed E-state index contributed by atoms with van der Waals surface area (Å²) >= 11 is 0. The highest BCUT2D eigenvalue weighted by molar-refractivity contribution is 5.94. The number of aryl methyl sites for hydroxylation is 1. The van der Waals surface area contributed by atoms with E-state index in [-0.39, 0.29) is 17.7 Å². The van der Waals surface area contributed by atoms with Gasteiger partial charge < -0.3 is 15.0 Å². The van der Waals surface area contributed by atoms with Gasteiger partial charge in [-0.25, -0.2) is 0 Å². The van der Waals surface area contributed by atoms with Crippen molar-refractivity contribution in [3.63, 3.8) is 0 Å². The first kappa shape index (κ1) is 16.5. The highest BCUT2D eigenvalue weighted by Gasteiger charge is 2.37. The zero-order chi connectivity index (χ0) is 17.1. The Morgan fingerprint density at radius 1 is 1.17 bits per heavy atom. The van der Waals surface area contributed by atoms with Gasteiger partial charge in [-0.05, 0) is 43.3 Å². The molecule has 3 rings (SSSR count). The number of rotatable bonds is 4. The fourth-order valence-corrected chi connectivity index (χ4v) is 3.43. The molecule has 1 saturated heterocycles. The number of methoxy groups -OCH3 is 1. The van der Waals surface area contributed by atoms with E-state index < -0.39 is 0 Å². The molecule has 0 spiro atoms. The van der Waals surface area contributed by atoms with Crippen LogP contribution in [-0.2, 0) is 4.79 Å². The Kier molecular flexibility index (Phi) is 4.86. The fraction of sp³-hybridized carbons (Fsp3) is 0.350. The maximum Gasteiger partial charge on any atom is 0.229 e. The van der Waals surface area contributed by atoms with Crippen LogP contribution in [-0.4, -0.2) is 38.1 Å². The van der Waals surface area contributed by atoms with Crippen molar-refractivity contribution in [2.45, 2.75) is 12.8 Å². The average Bonchev–Trinajstić information content (AvgIpc) is 2.99. The zero-order valence-corrected chi connectivity index (χ0v) is 14.5. The summed E-state index contributed by atoms with van der Waals surface area (Å²) in [6, 6.07) is 16.0. The van der Waals surface area contributed by atoms with Crippen LogP contribution in [0.15, 0.2) is 48.5 Å². The molecule has 0 saturated carbocycles. The predicted molar refractivity (Wildman–Crippen MR) is 96.5 cm³/mol. The molecule has 2 aromatic carbocycles. The number of carbonyl (C=O) groups excluding carboxylic acids is 1. The average molecular weight is 324 g/mol. The molecule has 24 heavy (non-hydrogen) atoms. The highest BCUT2D eigenvalue weighted by atomic mass is 16.5. The van der Waals surface area contributed by atoms with Crippen LogP contribution in [0.3, 0.4) is 0 Å². The fourth-order valence-electron chi connectivity index (χ4n) is 3.43. The molecule has 0 aromatic heterocycles. The van der Waals surface area contributed by atoms with E-state index in [0.717, 1.165) is 30.1 Å². The number of benzene rings is 2. The molecular formula is C20H24N2O2. The number of anilines is 1.